The van der Waals surface area contributed by atoms with Crippen LogP contribution >= 0.6 is 0 Å². The summed E-state index contributed by atoms with van der Waals surface area (Å²) in [6, 6.07) is 5.90. The van der Waals surface area contributed by atoms with E-state index in [2.05, 4.69) is 0 Å². The fourth-order valence-electron chi connectivity index (χ4n) is 1.71. The number of aryl methyl sites for hydroxylation is 1. The van der Waals surface area contributed by atoms with Gasteiger partial charge in [0.25, 0.3) is 0 Å². The first kappa shape index (κ1) is 9.34. The van der Waals surface area contributed by atoms with Crippen molar-refractivity contribution in [1.82, 2.24) is 0 Å². The molecule has 0 spiro atoms. The van der Waals surface area contributed by atoms with Crippen LogP contribution in [0.2, 0.25) is 0 Å². The van der Waals surface area contributed by atoms with Crippen molar-refractivity contribution in [2.75, 3.05) is 13.7 Å². The summed E-state index contributed by atoms with van der Waals surface area (Å²) < 4.78 is 10.9. The van der Waals surface area contributed by atoms with Crippen LogP contribution in [0, 0.1) is 0 Å². The SMILES string of the molecule is COc1ccc2c(c1)CC[C@H](CN)O2. The van der Waals surface area contributed by atoms with E-state index in [0.29, 0.717) is 6.54 Å². The predicted molar refractivity (Wildman–Crippen MR) is 54.8 cm³/mol. The molecule has 14 heavy (non-hydrogen) atoms. The maximum atomic E-state index is 5.70. The van der Waals surface area contributed by atoms with Crippen molar-refractivity contribution in [2.45, 2.75) is 18.9 Å². The molecule has 0 aromatic heterocycles. The molecule has 1 heterocycles. The van der Waals surface area contributed by atoms with Crippen LogP contribution in [-0.4, -0.2) is 19.8 Å². The molecular formula is C11H15NO2. The van der Waals surface area contributed by atoms with Gasteiger partial charge in [0, 0.05) is 6.54 Å². The van der Waals surface area contributed by atoms with Gasteiger partial charge in [0.1, 0.15) is 17.6 Å². The van der Waals surface area contributed by atoms with Crippen molar-refractivity contribution in [3.05, 3.63) is 23.8 Å². The highest BCUT2D eigenvalue weighted by Crippen LogP contribution is 2.30. The summed E-state index contributed by atoms with van der Waals surface area (Å²) in [4.78, 5) is 0. The number of hydrogen-bond donors (Lipinski definition) is 1. The van der Waals surface area contributed by atoms with Gasteiger partial charge in [-0.15, -0.1) is 0 Å². The quantitative estimate of drug-likeness (QED) is 0.771. The third-order valence-corrected chi connectivity index (χ3v) is 2.56. The van der Waals surface area contributed by atoms with E-state index in [4.69, 9.17) is 15.2 Å². The molecule has 0 bridgehead atoms. The minimum absolute atomic E-state index is 0.177. The average Bonchev–Trinajstić information content (AvgIpc) is 2.27. The molecule has 0 unspecified atom stereocenters. The molecule has 3 heteroatoms. The number of hydrogen-bond acceptors (Lipinski definition) is 3. The second kappa shape index (κ2) is 3.88. The smallest absolute Gasteiger partial charge is 0.123 e. The molecule has 0 saturated heterocycles. The molecule has 1 aromatic rings. The summed E-state index contributed by atoms with van der Waals surface area (Å²) in [5.41, 5.74) is 6.78. The molecule has 0 fully saturated rings. The van der Waals surface area contributed by atoms with Crippen molar-refractivity contribution in [3.63, 3.8) is 0 Å². The highest BCUT2D eigenvalue weighted by molar-refractivity contribution is 5.41. The second-order valence-corrected chi connectivity index (χ2v) is 3.49. The van der Waals surface area contributed by atoms with E-state index in [0.717, 1.165) is 24.3 Å². The summed E-state index contributed by atoms with van der Waals surface area (Å²) in [6.45, 7) is 0.589. The number of rotatable bonds is 2. The van der Waals surface area contributed by atoms with Gasteiger partial charge in [0.05, 0.1) is 7.11 Å². The fourth-order valence-corrected chi connectivity index (χ4v) is 1.71. The van der Waals surface area contributed by atoms with Gasteiger partial charge in [-0.25, -0.2) is 0 Å². The van der Waals surface area contributed by atoms with Gasteiger partial charge in [-0.1, -0.05) is 0 Å². The molecule has 3 nitrogen and oxygen atoms in total. The molecule has 1 aliphatic heterocycles. The fraction of sp³-hybridized carbons (Fsp3) is 0.455. The average molecular weight is 193 g/mol. The molecule has 1 atom stereocenters. The first-order chi connectivity index (χ1) is 6.83. The highest BCUT2D eigenvalue weighted by Gasteiger charge is 2.18. The van der Waals surface area contributed by atoms with Crippen molar-refractivity contribution < 1.29 is 9.47 Å². The van der Waals surface area contributed by atoms with Crippen molar-refractivity contribution >= 4 is 0 Å². The molecule has 0 saturated carbocycles. The third-order valence-electron chi connectivity index (χ3n) is 2.56. The maximum absolute atomic E-state index is 5.70. The Labute approximate surface area is 83.8 Å². The molecule has 1 aromatic carbocycles. The largest absolute Gasteiger partial charge is 0.497 e. The Kier molecular flexibility index (Phi) is 2.59. The van der Waals surface area contributed by atoms with Crippen molar-refractivity contribution in [2.24, 2.45) is 5.73 Å². The molecule has 0 radical (unpaired) electrons. The van der Waals surface area contributed by atoms with Crippen molar-refractivity contribution in [1.29, 1.82) is 0 Å². The normalized spacial score (nSPS) is 19.7. The third kappa shape index (κ3) is 1.68. The zero-order chi connectivity index (χ0) is 9.97. The maximum Gasteiger partial charge on any atom is 0.123 e. The van der Waals surface area contributed by atoms with E-state index in [9.17, 15) is 0 Å². The molecule has 1 aliphatic rings. The molecular weight excluding hydrogens is 178 g/mol. The topological polar surface area (TPSA) is 44.5 Å². The molecule has 2 N–H and O–H groups in total. The van der Waals surface area contributed by atoms with E-state index in [1.807, 2.05) is 18.2 Å². The number of fused-ring (bicyclic) bond motifs is 1. The van der Waals surface area contributed by atoms with Gasteiger partial charge in [0.2, 0.25) is 0 Å². The summed E-state index contributed by atoms with van der Waals surface area (Å²) in [5.74, 6) is 1.84. The van der Waals surface area contributed by atoms with Crippen LogP contribution < -0.4 is 15.2 Å². The zero-order valence-corrected chi connectivity index (χ0v) is 8.32. The Morgan fingerprint density at radius 2 is 2.43 bits per heavy atom. The van der Waals surface area contributed by atoms with Crippen LogP contribution in [0.5, 0.6) is 11.5 Å². The van der Waals surface area contributed by atoms with E-state index in [1.165, 1.54) is 5.56 Å². The Bertz CT molecular complexity index is 325. The summed E-state index contributed by atoms with van der Waals surface area (Å²) in [7, 11) is 1.67. The van der Waals surface area contributed by atoms with E-state index in [-0.39, 0.29) is 6.10 Å². The van der Waals surface area contributed by atoms with Gasteiger partial charge >= 0.3 is 0 Å². The standard InChI is InChI=1S/C11H15NO2/c1-13-9-4-5-11-8(6-9)2-3-10(7-12)14-11/h4-6,10H,2-3,7,12H2,1H3/t10-/m1/s1. The Hall–Kier alpha value is -1.22. The van der Waals surface area contributed by atoms with Gasteiger partial charge in [-0.05, 0) is 36.6 Å². The lowest BCUT2D eigenvalue weighted by Gasteiger charge is -2.25. The first-order valence-electron chi connectivity index (χ1n) is 4.87. The lowest BCUT2D eigenvalue weighted by atomic mass is 10.0. The first-order valence-corrected chi connectivity index (χ1v) is 4.87. The lowest BCUT2D eigenvalue weighted by molar-refractivity contribution is 0.181. The number of benzene rings is 1. The van der Waals surface area contributed by atoms with Gasteiger partial charge in [0.15, 0.2) is 0 Å². The van der Waals surface area contributed by atoms with Crippen LogP contribution in [0.4, 0.5) is 0 Å². The van der Waals surface area contributed by atoms with Crippen LogP contribution in [0.15, 0.2) is 18.2 Å². The van der Waals surface area contributed by atoms with Crippen LogP contribution in [0.3, 0.4) is 0 Å². The van der Waals surface area contributed by atoms with Crippen LogP contribution in [0.25, 0.3) is 0 Å². The minimum atomic E-state index is 0.177. The molecule has 0 aliphatic carbocycles. The van der Waals surface area contributed by atoms with E-state index < -0.39 is 0 Å². The molecule has 0 amide bonds. The van der Waals surface area contributed by atoms with Gasteiger partial charge in [-0.3, -0.25) is 0 Å². The van der Waals surface area contributed by atoms with Crippen molar-refractivity contribution in [3.8, 4) is 11.5 Å². The Balaban J connectivity index is 2.23. The highest BCUT2D eigenvalue weighted by atomic mass is 16.5. The molecule has 2 rings (SSSR count). The number of nitrogens with two attached hydrogens (primary N) is 1. The van der Waals surface area contributed by atoms with Gasteiger partial charge in [-0.2, -0.15) is 0 Å². The zero-order valence-electron chi connectivity index (χ0n) is 8.32. The van der Waals surface area contributed by atoms with Gasteiger partial charge < -0.3 is 15.2 Å². The van der Waals surface area contributed by atoms with E-state index >= 15 is 0 Å². The predicted octanol–water partition coefficient (Wildman–Crippen LogP) is 1.35. The number of methoxy groups -OCH3 is 1. The lowest BCUT2D eigenvalue weighted by Crippen LogP contribution is -2.30. The monoisotopic (exact) mass is 193 g/mol. The summed E-state index contributed by atoms with van der Waals surface area (Å²) in [5, 5.41) is 0. The second-order valence-electron chi connectivity index (χ2n) is 3.49. The number of ether oxygens (including phenoxy) is 2. The minimum Gasteiger partial charge on any atom is -0.497 e. The Morgan fingerprint density at radius 3 is 3.14 bits per heavy atom. The summed E-state index contributed by atoms with van der Waals surface area (Å²) in [6.07, 6.45) is 2.20. The van der Waals surface area contributed by atoms with Crippen LogP contribution in [0.1, 0.15) is 12.0 Å². The summed E-state index contributed by atoms with van der Waals surface area (Å²) >= 11 is 0. The van der Waals surface area contributed by atoms with Crippen LogP contribution in [-0.2, 0) is 6.42 Å². The van der Waals surface area contributed by atoms with E-state index in [1.54, 1.807) is 7.11 Å². The Morgan fingerprint density at radius 1 is 1.57 bits per heavy atom. The molecule has 76 valence electrons.